The van der Waals surface area contributed by atoms with Crippen molar-refractivity contribution in [2.45, 2.75) is 53.1 Å². The Labute approximate surface area is 164 Å². The van der Waals surface area contributed by atoms with Gasteiger partial charge in [0.25, 0.3) is 0 Å². The summed E-state index contributed by atoms with van der Waals surface area (Å²) in [5.41, 5.74) is -0.409. The molecule has 0 N–H and O–H groups in total. The molecule has 7 heteroatoms. The molecule has 7 nitrogen and oxygen atoms in total. The van der Waals surface area contributed by atoms with E-state index in [0.717, 1.165) is 0 Å². The summed E-state index contributed by atoms with van der Waals surface area (Å²) in [5, 5.41) is 0. The molecule has 154 valence electrons. The summed E-state index contributed by atoms with van der Waals surface area (Å²) in [5.74, 6) is -1.28. The standard InChI is InChI=1S/C21H28O7/c1-11-17(25)6-16-19-18(11)21(16,10-27-13(3)23)8-15(28-14(4)24)7-20(19,5)9-26-12(2)22/h15-16,18-19H,1,6-10H2,2-5H3. The summed E-state index contributed by atoms with van der Waals surface area (Å²) >= 11 is 0. The van der Waals surface area contributed by atoms with E-state index >= 15 is 0 Å². The van der Waals surface area contributed by atoms with Crippen molar-refractivity contribution in [3.8, 4) is 0 Å². The highest BCUT2D eigenvalue weighted by Crippen LogP contribution is 2.73. The maximum atomic E-state index is 12.4. The Kier molecular flexibility index (Phi) is 5.15. The minimum Gasteiger partial charge on any atom is -0.465 e. The number of carbonyl (C=O) groups excluding carboxylic acids is 4. The topological polar surface area (TPSA) is 96.0 Å². The third-order valence-electron chi connectivity index (χ3n) is 6.88. The molecule has 0 radical (unpaired) electrons. The van der Waals surface area contributed by atoms with Crippen LogP contribution < -0.4 is 0 Å². The lowest BCUT2D eigenvalue weighted by Gasteiger charge is -2.67. The first kappa shape index (κ1) is 20.6. The van der Waals surface area contributed by atoms with Crippen LogP contribution in [-0.2, 0) is 33.4 Å². The van der Waals surface area contributed by atoms with Gasteiger partial charge >= 0.3 is 17.9 Å². The van der Waals surface area contributed by atoms with Crippen molar-refractivity contribution in [1.29, 1.82) is 0 Å². The molecule has 4 aliphatic rings. The molecular weight excluding hydrogens is 364 g/mol. The molecule has 0 aromatic heterocycles. The first-order valence-corrected chi connectivity index (χ1v) is 9.66. The molecule has 4 fully saturated rings. The van der Waals surface area contributed by atoms with Gasteiger partial charge in [0.15, 0.2) is 5.78 Å². The normalized spacial score (nSPS) is 38.7. The van der Waals surface area contributed by atoms with Gasteiger partial charge in [-0.05, 0) is 36.2 Å². The quantitative estimate of drug-likeness (QED) is 0.402. The van der Waals surface area contributed by atoms with Gasteiger partial charge in [-0.3, -0.25) is 19.2 Å². The first-order valence-electron chi connectivity index (χ1n) is 9.66. The van der Waals surface area contributed by atoms with Gasteiger partial charge in [0.05, 0.1) is 13.2 Å². The Hall–Kier alpha value is -2.18. The summed E-state index contributed by atoms with van der Waals surface area (Å²) in [6, 6.07) is 0. The number of fused-ring (bicyclic) bond motifs is 2. The average molecular weight is 392 g/mol. The smallest absolute Gasteiger partial charge is 0.302 e. The van der Waals surface area contributed by atoms with Crippen molar-refractivity contribution >= 4 is 23.7 Å². The van der Waals surface area contributed by atoms with Crippen molar-refractivity contribution < 1.29 is 33.4 Å². The fourth-order valence-corrected chi connectivity index (χ4v) is 6.01. The second-order valence-corrected chi connectivity index (χ2v) is 8.85. The van der Waals surface area contributed by atoms with Crippen LogP contribution in [0.4, 0.5) is 0 Å². The van der Waals surface area contributed by atoms with Gasteiger partial charge in [-0.1, -0.05) is 13.5 Å². The fourth-order valence-electron chi connectivity index (χ4n) is 6.01. The molecule has 0 aromatic rings. The van der Waals surface area contributed by atoms with Gasteiger partial charge in [-0.2, -0.15) is 0 Å². The van der Waals surface area contributed by atoms with Crippen LogP contribution >= 0.6 is 0 Å². The molecule has 4 rings (SSSR count). The van der Waals surface area contributed by atoms with Crippen molar-refractivity contribution in [1.82, 2.24) is 0 Å². The Bertz CT molecular complexity index is 741. The first-order chi connectivity index (χ1) is 13.0. The van der Waals surface area contributed by atoms with Gasteiger partial charge in [-0.25, -0.2) is 0 Å². The summed E-state index contributed by atoms with van der Waals surface area (Å²) in [6.07, 6.45) is 0.921. The van der Waals surface area contributed by atoms with Gasteiger partial charge < -0.3 is 14.2 Å². The highest BCUT2D eigenvalue weighted by atomic mass is 16.5. The SMILES string of the molecule is C=C1C(=O)CC2C3C1C2(COC(C)=O)CC(OC(C)=O)CC3(C)COC(C)=O. The van der Waals surface area contributed by atoms with E-state index < -0.39 is 16.9 Å². The minimum atomic E-state index is -0.477. The number of ether oxygens (including phenoxy) is 3. The summed E-state index contributed by atoms with van der Waals surface area (Å²) in [6.45, 7) is 10.5. The second kappa shape index (κ2) is 7.01. The number of allylic oxidation sites excluding steroid dienone is 1. The third-order valence-corrected chi connectivity index (χ3v) is 6.88. The lowest BCUT2D eigenvalue weighted by Crippen LogP contribution is -2.67. The van der Waals surface area contributed by atoms with E-state index in [1.807, 2.05) is 6.92 Å². The molecule has 0 aliphatic heterocycles. The van der Waals surface area contributed by atoms with E-state index in [2.05, 4.69) is 6.58 Å². The molecule has 0 saturated heterocycles. The zero-order valence-electron chi connectivity index (χ0n) is 16.9. The summed E-state index contributed by atoms with van der Waals surface area (Å²) in [4.78, 5) is 47.1. The number of hydrogen-bond acceptors (Lipinski definition) is 7. The molecule has 4 bridgehead atoms. The van der Waals surface area contributed by atoms with Crippen LogP contribution in [0.2, 0.25) is 0 Å². The van der Waals surface area contributed by atoms with Gasteiger partial charge in [-0.15, -0.1) is 0 Å². The van der Waals surface area contributed by atoms with E-state index in [-0.39, 0.29) is 54.7 Å². The third kappa shape index (κ3) is 3.25. The zero-order valence-corrected chi connectivity index (χ0v) is 16.9. The number of rotatable bonds is 5. The molecule has 6 atom stereocenters. The highest BCUT2D eigenvalue weighted by Gasteiger charge is 2.73. The number of ketones is 1. The minimum absolute atomic E-state index is 0.0315. The summed E-state index contributed by atoms with van der Waals surface area (Å²) < 4.78 is 16.4. The van der Waals surface area contributed by atoms with Crippen LogP contribution in [-0.4, -0.2) is 43.0 Å². The molecule has 0 spiro atoms. The van der Waals surface area contributed by atoms with Crippen LogP contribution in [0.1, 0.15) is 47.0 Å². The molecule has 4 saturated carbocycles. The predicted molar refractivity (Wildman–Crippen MR) is 97.8 cm³/mol. The van der Waals surface area contributed by atoms with E-state index in [9.17, 15) is 19.2 Å². The van der Waals surface area contributed by atoms with Crippen LogP contribution in [0.5, 0.6) is 0 Å². The van der Waals surface area contributed by atoms with Gasteiger partial charge in [0, 0.05) is 38.0 Å². The number of hydrogen-bond donors (Lipinski definition) is 0. The highest BCUT2D eigenvalue weighted by molar-refractivity contribution is 5.98. The van der Waals surface area contributed by atoms with Gasteiger partial charge in [0.2, 0.25) is 0 Å². The average Bonchev–Trinajstić information content (AvgIpc) is 2.74. The van der Waals surface area contributed by atoms with Crippen molar-refractivity contribution in [2.75, 3.05) is 13.2 Å². The van der Waals surface area contributed by atoms with Gasteiger partial charge in [0.1, 0.15) is 6.10 Å². The van der Waals surface area contributed by atoms with Crippen molar-refractivity contribution in [2.24, 2.45) is 28.6 Å². The number of carbonyl (C=O) groups is 4. The monoisotopic (exact) mass is 392 g/mol. The largest absolute Gasteiger partial charge is 0.465 e. The maximum absolute atomic E-state index is 12.4. The van der Waals surface area contributed by atoms with Crippen LogP contribution in [0.15, 0.2) is 12.2 Å². The Morgan fingerprint density at radius 2 is 1.64 bits per heavy atom. The Morgan fingerprint density at radius 3 is 2.18 bits per heavy atom. The molecule has 0 heterocycles. The zero-order chi connectivity index (χ0) is 20.9. The number of Topliss-reactive ketones (excluding diaryl/α,β-unsaturated/α-hetero) is 1. The van der Waals surface area contributed by atoms with E-state index in [1.165, 1.54) is 20.8 Å². The van der Waals surface area contributed by atoms with Crippen LogP contribution in [0, 0.1) is 28.6 Å². The molecule has 28 heavy (non-hydrogen) atoms. The molecule has 6 unspecified atom stereocenters. The predicted octanol–water partition coefficient (Wildman–Crippen LogP) is 2.22. The maximum Gasteiger partial charge on any atom is 0.302 e. The molecule has 0 aromatic carbocycles. The lowest BCUT2D eigenvalue weighted by molar-refractivity contribution is -0.207. The number of esters is 3. The van der Waals surface area contributed by atoms with Crippen molar-refractivity contribution in [3.05, 3.63) is 12.2 Å². The molecule has 4 aliphatic carbocycles. The molecule has 0 amide bonds. The van der Waals surface area contributed by atoms with Crippen LogP contribution in [0.25, 0.3) is 0 Å². The Balaban J connectivity index is 2.01. The van der Waals surface area contributed by atoms with E-state index in [4.69, 9.17) is 14.2 Å². The van der Waals surface area contributed by atoms with E-state index in [1.54, 1.807) is 0 Å². The fraction of sp³-hybridized carbons (Fsp3) is 0.714. The van der Waals surface area contributed by atoms with E-state index in [0.29, 0.717) is 24.8 Å². The second-order valence-electron chi connectivity index (χ2n) is 8.85. The summed E-state index contributed by atoms with van der Waals surface area (Å²) in [7, 11) is 0. The molecular formula is C21H28O7. The Morgan fingerprint density at radius 1 is 1.04 bits per heavy atom. The van der Waals surface area contributed by atoms with Crippen LogP contribution in [0.3, 0.4) is 0 Å². The van der Waals surface area contributed by atoms with Crippen molar-refractivity contribution in [3.63, 3.8) is 0 Å². The lowest BCUT2D eigenvalue weighted by atomic mass is 9.36.